The third-order valence-corrected chi connectivity index (χ3v) is 1.97. The van der Waals surface area contributed by atoms with Crippen molar-refractivity contribution in [2.75, 3.05) is 0 Å². The predicted molar refractivity (Wildman–Crippen MR) is 53.2 cm³/mol. The Kier molecular flexibility index (Phi) is 1.70. The molecule has 2 aromatic rings. The lowest BCUT2D eigenvalue weighted by atomic mass is 10.1. The van der Waals surface area contributed by atoms with Crippen LogP contribution in [-0.2, 0) is 0 Å². The zero-order chi connectivity index (χ0) is 9.26. The second-order valence-corrected chi connectivity index (χ2v) is 2.83. The van der Waals surface area contributed by atoms with Gasteiger partial charge in [0.05, 0.1) is 0 Å². The van der Waals surface area contributed by atoms with Gasteiger partial charge in [0, 0.05) is 22.7 Å². The maximum atomic E-state index is 9.27. The molecule has 0 amide bonds. The molecule has 13 heavy (non-hydrogen) atoms. The van der Waals surface area contributed by atoms with Crippen molar-refractivity contribution in [3.63, 3.8) is 0 Å². The van der Waals surface area contributed by atoms with Crippen LogP contribution < -0.4 is 5.73 Å². The summed E-state index contributed by atoms with van der Waals surface area (Å²) in [5.74, 6) is 0.263. The fourth-order valence-corrected chi connectivity index (χ4v) is 1.37. The molecule has 3 heteroatoms. The average molecular weight is 174 g/mol. The fourth-order valence-electron chi connectivity index (χ4n) is 1.37. The normalized spacial score (nSPS) is 11.4. The van der Waals surface area contributed by atoms with Crippen molar-refractivity contribution in [3.8, 4) is 5.75 Å². The van der Waals surface area contributed by atoms with E-state index in [0.29, 0.717) is 0 Å². The second kappa shape index (κ2) is 2.86. The summed E-state index contributed by atoms with van der Waals surface area (Å²) >= 11 is 0. The van der Waals surface area contributed by atoms with Crippen LogP contribution in [-0.4, -0.2) is 10.1 Å². The molecule has 3 nitrogen and oxygen atoms in total. The molecular weight excluding hydrogens is 164 g/mol. The molecule has 0 aliphatic carbocycles. The van der Waals surface area contributed by atoms with Crippen molar-refractivity contribution in [2.24, 2.45) is 5.73 Å². The highest BCUT2D eigenvalue weighted by molar-refractivity contribution is 5.89. The van der Waals surface area contributed by atoms with Gasteiger partial charge < -0.3 is 15.8 Å². The molecule has 2 rings (SSSR count). The Bertz CT molecular complexity index is 457. The van der Waals surface area contributed by atoms with Crippen molar-refractivity contribution >= 4 is 17.0 Å². The largest absolute Gasteiger partial charge is 0.508 e. The zero-order valence-corrected chi connectivity index (χ0v) is 6.99. The molecule has 4 N–H and O–H groups in total. The number of rotatable bonds is 1. The Morgan fingerprint density at radius 2 is 2.23 bits per heavy atom. The van der Waals surface area contributed by atoms with Gasteiger partial charge in [0.1, 0.15) is 5.75 Å². The van der Waals surface area contributed by atoms with E-state index in [-0.39, 0.29) is 5.75 Å². The Hall–Kier alpha value is -1.90. The molecule has 0 bridgehead atoms. The summed E-state index contributed by atoms with van der Waals surface area (Å²) < 4.78 is 0. The minimum absolute atomic E-state index is 0.263. The standard InChI is InChI=1S/C10H10N2O/c11-4-3-7-6-12-10-2-1-8(13)5-9(7)10/h1-6,12-13H,11H2/b4-3+. The van der Waals surface area contributed by atoms with Crippen LogP contribution in [0.3, 0.4) is 0 Å². The van der Waals surface area contributed by atoms with E-state index in [2.05, 4.69) is 4.98 Å². The van der Waals surface area contributed by atoms with Crippen LogP contribution in [0.1, 0.15) is 5.56 Å². The predicted octanol–water partition coefficient (Wildman–Crippen LogP) is 1.80. The lowest BCUT2D eigenvalue weighted by molar-refractivity contribution is 0.476. The summed E-state index contributed by atoms with van der Waals surface area (Å²) in [6, 6.07) is 5.19. The number of hydrogen-bond acceptors (Lipinski definition) is 2. The third-order valence-electron chi connectivity index (χ3n) is 1.97. The van der Waals surface area contributed by atoms with Gasteiger partial charge >= 0.3 is 0 Å². The van der Waals surface area contributed by atoms with Crippen molar-refractivity contribution in [1.82, 2.24) is 4.98 Å². The van der Waals surface area contributed by atoms with Crippen LogP contribution in [0, 0.1) is 0 Å². The molecule has 1 heterocycles. The molecular formula is C10H10N2O. The number of phenols is 1. The van der Waals surface area contributed by atoms with Crippen LogP contribution in [0.15, 0.2) is 30.6 Å². The van der Waals surface area contributed by atoms with E-state index in [1.807, 2.05) is 12.3 Å². The van der Waals surface area contributed by atoms with Crippen LogP contribution in [0.2, 0.25) is 0 Å². The molecule has 1 aromatic carbocycles. The number of nitrogens with two attached hydrogens (primary N) is 1. The minimum atomic E-state index is 0.263. The third kappa shape index (κ3) is 1.24. The molecule has 66 valence electrons. The number of phenolic OH excluding ortho intramolecular Hbond substituents is 1. The lowest BCUT2D eigenvalue weighted by Gasteiger charge is -1.93. The summed E-state index contributed by atoms with van der Waals surface area (Å²) in [4.78, 5) is 3.08. The zero-order valence-electron chi connectivity index (χ0n) is 6.99. The first kappa shape index (κ1) is 7.73. The first-order valence-electron chi connectivity index (χ1n) is 3.99. The van der Waals surface area contributed by atoms with Crippen molar-refractivity contribution < 1.29 is 5.11 Å². The van der Waals surface area contributed by atoms with E-state index in [0.717, 1.165) is 16.5 Å². The molecule has 0 radical (unpaired) electrons. The summed E-state index contributed by atoms with van der Waals surface area (Å²) in [5, 5.41) is 10.2. The van der Waals surface area contributed by atoms with E-state index in [1.54, 1.807) is 18.2 Å². The number of benzene rings is 1. The fraction of sp³-hybridized carbons (Fsp3) is 0. The van der Waals surface area contributed by atoms with Gasteiger partial charge in [-0.1, -0.05) is 0 Å². The SMILES string of the molecule is N/C=C/c1c[nH]c2ccc(O)cc12. The maximum Gasteiger partial charge on any atom is 0.116 e. The highest BCUT2D eigenvalue weighted by Crippen LogP contribution is 2.23. The first-order chi connectivity index (χ1) is 6.31. The number of fused-ring (bicyclic) bond motifs is 1. The summed E-state index contributed by atoms with van der Waals surface area (Å²) in [6.45, 7) is 0. The Labute approximate surface area is 75.5 Å². The molecule has 1 aromatic heterocycles. The van der Waals surface area contributed by atoms with Gasteiger partial charge in [0.25, 0.3) is 0 Å². The number of aromatic amines is 1. The molecule has 0 saturated carbocycles. The smallest absolute Gasteiger partial charge is 0.116 e. The Balaban J connectivity index is 2.71. The Morgan fingerprint density at radius 1 is 1.38 bits per heavy atom. The number of nitrogens with one attached hydrogen (secondary N) is 1. The molecule has 0 saturated heterocycles. The van der Waals surface area contributed by atoms with Gasteiger partial charge in [-0.05, 0) is 30.5 Å². The van der Waals surface area contributed by atoms with Crippen molar-refractivity contribution in [3.05, 3.63) is 36.2 Å². The van der Waals surface area contributed by atoms with Crippen LogP contribution >= 0.6 is 0 Å². The molecule has 0 fully saturated rings. The van der Waals surface area contributed by atoms with E-state index in [1.165, 1.54) is 6.20 Å². The Morgan fingerprint density at radius 3 is 3.00 bits per heavy atom. The number of hydrogen-bond donors (Lipinski definition) is 3. The monoisotopic (exact) mass is 174 g/mol. The van der Waals surface area contributed by atoms with Crippen LogP contribution in [0.25, 0.3) is 17.0 Å². The van der Waals surface area contributed by atoms with Crippen LogP contribution in [0.4, 0.5) is 0 Å². The highest BCUT2D eigenvalue weighted by Gasteiger charge is 2.00. The molecule has 0 aliphatic rings. The highest BCUT2D eigenvalue weighted by atomic mass is 16.3. The van der Waals surface area contributed by atoms with Gasteiger partial charge in [0.2, 0.25) is 0 Å². The molecule has 0 unspecified atom stereocenters. The lowest BCUT2D eigenvalue weighted by Crippen LogP contribution is -1.75. The van der Waals surface area contributed by atoms with E-state index in [9.17, 15) is 5.11 Å². The van der Waals surface area contributed by atoms with Crippen molar-refractivity contribution in [1.29, 1.82) is 0 Å². The summed E-state index contributed by atoms with van der Waals surface area (Å²) in [7, 11) is 0. The summed E-state index contributed by atoms with van der Waals surface area (Å²) in [5.41, 5.74) is 7.26. The number of H-pyrrole nitrogens is 1. The molecule has 0 aliphatic heterocycles. The minimum Gasteiger partial charge on any atom is -0.508 e. The second-order valence-electron chi connectivity index (χ2n) is 2.83. The topological polar surface area (TPSA) is 62.0 Å². The maximum absolute atomic E-state index is 9.27. The van der Waals surface area contributed by atoms with Gasteiger partial charge in [0.15, 0.2) is 0 Å². The number of aromatic nitrogens is 1. The van der Waals surface area contributed by atoms with E-state index in [4.69, 9.17) is 5.73 Å². The number of aromatic hydroxyl groups is 1. The van der Waals surface area contributed by atoms with Crippen molar-refractivity contribution in [2.45, 2.75) is 0 Å². The van der Waals surface area contributed by atoms with Crippen LogP contribution in [0.5, 0.6) is 5.75 Å². The first-order valence-corrected chi connectivity index (χ1v) is 3.99. The summed E-state index contributed by atoms with van der Waals surface area (Å²) in [6.07, 6.45) is 5.12. The molecule has 0 spiro atoms. The molecule has 0 atom stereocenters. The van der Waals surface area contributed by atoms with Gasteiger partial charge in [-0.15, -0.1) is 0 Å². The van der Waals surface area contributed by atoms with Gasteiger partial charge in [-0.3, -0.25) is 0 Å². The van der Waals surface area contributed by atoms with E-state index >= 15 is 0 Å². The van der Waals surface area contributed by atoms with Gasteiger partial charge in [-0.25, -0.2) is 0 Å². The quantitative estimate of drug-likeness (QED) is 0.617. The van der Waals surface area contributed by atoms with Gasteiger partial charge in [-0.2, -0.15) is 0 Å². The average Bonchev–Trinajstić information content (AvgIpc) is 2.49. The van der Waals surface area contributed by atoms with E-state index < -0.39 is 0 Å².